The van der Waals surface area contributed by atoms with Crippen molar-refractivity contribution in [2.75, 3.05) is 19.8 Å². The molecule has 1 aliphatic heterocycles. The molecule has 1 saturated heterocycles. The van der Waals surface area contributed by atoms with Gasteiger partial charge in [0.25, 0.3) is 0 Å². The largest absolute Gasteiger partial charge is 0.380 e. The smallest absolute Gasteiger partial charge is 0.0621 e. The zero-order chi connectivity index (χ0) is 10.1. The van der Waals surface area contributed by atoms with E-state index in [1.54, 1.807) is 0 Å². The van der Waals surface area contributed by atoms with Crippen molar-refractivity contribution in [3.05, 3.63) is 0 Å². The maximum atomic E-state index is 8.33. The molecule has 3 nitrogen and oxygen atoms in total. The van der Waals surface area contributed by atoms with E-state index in [2.05, 4.69) is 11.4 Å². The van der Waals surface area contributed by atoms with Gasteiger partial charge in [0.2, 0.25) is 0 Å². The predicted molar refractivity (Wildman–Crippen MR) is 55.9 cm³/mol. The van der Waals surface area contributed by atoms with Crippen molar-refractivity contribution in [2.45, 2.75) is 44.6 Å². The molecule has 14 heavy (non-hydrogen) atoms. The van der Waals surface area contributed by atoms with Gasteiger partial charge in [-0.1, -0.05) is 6.42 Å². The van der Waals surface area contributed by atoms with Gasteiger partial charge in [0.15, 0.2) is 0 Å². The molecule has 0 radical (unpaired) electrons. The van der Waals surface area contributed by atoms with Crippen molar-refractivity contribution in [3.63, 3.8) is 0 Å². The van der Waals surface area contributed by atoms with Crippen molar-refractivity contribution in [2.24, 2.45) is 0 Å². The van der Waals surface area contributed by atoms with Crippen LogP contribution in [0, 0.1) is 11.3 Å². The summed E-state index contributed by atoms with van der Waals surface area (Å²) in [4.78, 5) is 0. The molecule has 0 aromatic carbocycles. The van der Waals surface area contributed by atoms with Gasteiger partial charge in [-0.15, -0.1) is 0 Å². The quantitative estimate of drug-likeness (QED) is 0.659. The summed E-state index contributed by atoms with van der Waals surface area (Å²) < 4.78 is 5.55. The van der Waals surface area contributed by atoms with E-state index in [1.165, 1.54) is 19.3 Å². The topological polar surface area (TPSA) is 45.0 Å². The van der Waals surface area contributed by atoms with E-state index >= 15 is 0 Å². The molecule has 0 bridgehead atoms. The Morgan fingerprint density at radius 2 is 2.29 bits per heavy atom. The molecule has 1 heterocycles. The normalized spacial score (nSPS) is 21.8. The van der Waals surface area contributed by atoms with Crippen LogP contribution in [-0.4, -0.2) is 25.8 Å². The van der Waals surface area contributed by atoms with E-state index in [0.717, 1.165) is 32.6 Å². The fourth-order valence-electron chi connectivity index (χ4n) is 1.70. The molecule has 0 aliphatic carbocycles. The van der Waals surface area contributed by atoms with E-state index in [9.17, 15) is 0 Å². The van der Waals surface area contributed by atoms with Crippen LogP contribution in [0.4, 0.5) is 0 Å². The minimum Gasteiger partial charge on any atom is -0.380 e. The lowest BCUT2D eigenvalue weighted by Gasteiger charge is -2.23. The highest BCUT2D eigenvalue weighted by Crippen LogP contribution is 2.07. The van der Waals surface area contributed by atoms with Gasteiger partial charge in [0, 0.05) is 19.1 Å². The van der Waals surface area contributed by atoms with Crippen LogP contribution in [0.15, 0.2) is 0 Å². The van der Waals surface area contributed by atoms with Crippen molar-refractivity contribution in [3.8, 4) is 6.07 Å². The molecule has 80 valence electrons. The van der Waals surface area contributed by atoms with Crippen LogP contribution in [0.3, 0.4) is 0 Å². The lowest BCUT2D eigenvalue weighted by Crippen LogP contribution is -2.37. The predicted octanol–water partition coefficient (Wildman–Crippen LogP) is 1.84. The number of hydrogen-bond donors (Lipinski definition) is 1. The van der Waals surface area contributed by atoms with Crippen LogP contribution in [0.25, 0.3) is 0 Å². The van der Waals surface area contributed by atoms with E-state index in [1.807, 2.05) is 0 Å². The third kappa shape index (κ3) is 5.21. The fourth-order valence-corrected chi connectivity index (χ4v) is 1.70. The molecule has 0 amide bonds. The first-order chi connectivity index (χ1) is 6.93. The number of nitrogens with zero attached hydrogens (tertiary/aromatic N) is 1. The summed E-state index contributed by atoms with van der Waals surface area (Å²) in [6.45, 7) is 2.79. The van der Waals surface area contributed by atoms with Gasteiger partial charge in [-0.2, -0.15) is 5.26 Å². The Bertz CT molecular complexity index is 171. The molecular weight excluding hydrogens is 176 g/mol. The number of ether oxygens (including phenoxy) is 1. The molecule has 0 aromatic rings. The monoisotopic (exact) mass is 196 g/mol. The minimum atomic E-state index is 0.569. The first-order valence-corrected chi connectivity index (χ1v) is 5.61. The molecule has 1 unspecified atom stereocenters. The van der Waals surface area contributed by atoms with Gasteiger partial charge in [-0.25, -0.2) is 0 Å². The zero-order valence-corrected chi connectivity index (χ0v) is 8.80. The Labute approximate surface area is 86.4 Å². The van der Waals surface area contributed by atoms with E-state index < -0.39 is 0 Å². The van der Waals surface area contributed by atoms with Gasteiger partial charge in [-0.3, -0.25) is 0 Å². The van der Waals surface area contributed by atoms with E-state index in [-0.39, 0.29) is 0 Å². The minimum absolute atomic E-state index is 0.569. The molecule has 0 saturated carbocycles. The summed E-state index contributed by atoms with van der Waals surface area (Å²) in [5.74, 6) is 0. The average Bonchev–Trinajstić information content (AvgIpc) is 2.25. The lowest BCUT2D eigenvalue weighted by molar-refractivity contribution is 0.100. The molecule has 1 N–H and O–H groups in total. The fraction of sp³-hybridized carbons (Fsp3) is 0.909. The van der Waals surface area contributed by atoms with Gasteiger partial charge in [0.05, 0.1) is 12.7 Å². The summed E-state index contributed by atoms with van der Waals surface area (Å²) in [6, 6.07) is 2.71. The Morgan fingerprint density at radius 3 is 3.00 bits per heavy atom. The molecule has 1 aliphatic rings. The number of rotatable bonds is 6. The number of piperidine rings is 1. The molecular formula is C11H20N2O. The third-order valence-electron chi connectivity index (χ3n) is 2.56. The Balaban J connectivity index is 1.85. The van der Waals surface area contributed by atoms with Crippen LogP contribution < -0.4 is 5.32 Å². The highest BCUT2D eigenvalue weighted by Gasteiger charge is 2.11. The molecule has 1 atom stereocenters. The second-order valence-corrected chi connectivity index (χ2v) is 3.84. The second-order valence-electron chi connectivity index (χ2n) is 3.84. The highest BCUT2D eigenvalue weighted by molar-refractivity contribution is 4.71. The van der Waals surface area contributed by atoms with Crippen LogP contribution in [-0.2, 0) is 4.74 Å². The second kappa shape index (κ2) is 7.78. The first-order valence-electron chi connectivity index (χ1n) is 5.61. The van der Waals surface area contributed by atoms with Crippen molar-refractivity contribution >= 4 is 0 Å². The van der Waals surface area contributed by atoms with Gasteiger partial charge < -0.3 is 10.1 Å². The number of unbranched alkanes of at least 4 members (excludes halogenated alkanes) is 2. The maximum Gasteiger partial charge on any atom is 0.0621 e. The summed E-state index contributed by atoms with van der Waals surface area (Å²) in [6.07, 6.45) is 6.52. The van der Waals surface area contributed by atoms with Crippen molar-refractivity contribution in [1.82, 2.24) is 5.32 Å². The lowest BCUT2D eigenvalue weighted by atomic mass is 10.1. The molecule has 0 spiro atoms. The standard InChI is InChI=1S/C11H20N2O/c12-7-3-1-5-9-14-10-11-6-2-4-8-13-11/h11,13H,1-6,8-10H2. The SMILES string of the molecule is N#CCCCCOCC1CCCCN1. The molecule has 0 aromatic heterocycles. The van der Waals surface area contributed by atoms with Crippen LogP contribution in [0.1, 0.15) is 38.5 Å². The summed E-state index contributed by atoms with van der Waals surface area (Å²) >= 11 is 0. The number of hydrogen-bond acceptors (Lipinski definition) is 3. The Kier molecular flexibility index (Phi) is 6.38. The van der Waals surface area contributed by atoms with E-state index in [0.29, 0.717) is 12.5 Å². The van der Waals surface area contributed by atoms with Gasteiger partial charge in [0.1, 0.15) is 0 Å². The van der Waals surface area contributed by atoms with Crippen LogP contribution in [0.2, 0.25) is 0 Å². The van der Waals surface area contributed by atoms with Crippen molar-refractivity contribution in [1.29, 1.82) is 5.26 Å². The molecule has 1 fully saturated rings. The maximum absolute atomic E-state index is 8.33. The van der Waals surface area contributed by atoms with Gasteiger partial charge in [-0.05, 0) is 32.2 Å². The number of nitrogens with one attached hydrogen (secondary N) is 1. The van der Waals surface area contributed by atoms with Crippen LogP contribution >= 0.6 is 0 Å². The highest BCUT2D eigenvalue weighted by atomic mass is 16.5. The zero-order valence-electron chi connectivity index (χ0n) is 8.80. The molecule has 3 heteroatoms. The molecule has 1 rings (SSSR count). The average molecular weight is 196 g/mol. The van der Waals surface area contributed by atoms with Crippen molar-refractivity contribution < 1.29 is 4.74 Å². The third-order valence-corrected chi connectivity index (χ3v) is 2.56. The Morgan fingerprint density at radius 1 is 1.36 bits per heavy atom. The number of nitriles is 1. The Hall–Kier alpha value is -0.590. The summed E-state index contributed by atoms with van der Waals surface area (Å²) in [5, 5.41) is 11.8. The summed E-state index contributed by atoms with van der Waals surface area (Å²) in [5.41, 5.74) is 0. The van der Waals surface area contributed by atoms with Crippen LogP contribution in [0.5, 0.6) is 0 Å². The summed E-state index contributed by atoms with van der Waals surface area (Å²) in [7, 11) is 0. The first kappa shape index (κ1) is 11.5. The van der Waals surface area contributed by atoms with E-state index in [4.69, 9.17) is 10.00 Å². The van der Waals surface area contributed by atoms with Gasteiger partial charge >= 0.3 is 0 Å².